The third kappa shape index (κ3) is 2.87. The molecule has 0 saturated heterocycles. The Morgan fingerprint density at radius 1 is 1.47 bits per heavy atom. The molecule has 1 aliphatic carbocycles. The van der Waals surface area contributed by atoms with E-state index in [-0.39, 0.29) is 10.6 Å². The van der Waals surface area contributed by atoms with Crippen LogP contribution < -0.4 is 5.32 Å². The van der Waals surface area contributed by atoms with E-state index in [1.807, 2.05) is 6.07 Å². The molecule has 1 aliphatic rings. The Labute approximate surface area is 113 Å². The smallest absolute Gasteiger partial charge is 0.269 e. The molecule has 7 heteroatoms. The van der Waals surface area contributed by atoms with E-state index in [0.717, 1.165) is 16.5 Å². The van der Waals surface area contributed by atoms with Gasteiger partial charge in [-0.2, -0.15) is 4.37 Å². The zero-order valence-electron chi connectivity index (χ0n) is 10.1. The normalized spacial score (nSPS) is 14.3. The Kier molecular flexibility index (Phi) is 3.12. The molecule has 1 heterocycles. The monoisotopic (exact) mass is 276 g/mol. The van der Waals surface area contributed by atoms with Gasteiger partial charge in [0.25, 0.3) is 5.69 Å². The van der Waals surface area contributed by atoms with Crippen molar-refractivity contribution in [3.63, 3.8) is 0 Å². The minimum absolute atomic E-state index is 0.107. The minimum atomic E-state index is -0.389. The van der Waals surface area contributed by atoms with Gasteiger partial charge in [-0.1, -0.05) is 12.1 Å². The highest BCUT2D eigenvalue weighted by molar-refractivity contribution is 7.09. The van der Waals surface area contributed by atoms with Crippen molar-refractivity contribution < 1.29 is 4.92 Å². The Hall–Kier alpha value is -2.02. The molecule has 6 nitrogen and oxygen atoms in total. The van der Waals surface area contributed by atoms with E-state index in [0.29, 0.717) is 12.5 Å². The highest BCUT2D eigenvalue weighted by Gasteiger charge is 2.27. The van der Waals surface area contributed by atoms with Crippen LogP contribution in [0.3, 0.4) is 0 Å². The third-order valence-electron chi connectivity index (χ3n) is 2.95. The van der Waals surface area contributed by atoms with E-state index in [1.165, 1.54) is 30.4 Å². The average molecular weight is 276 g/mol. The fourth-order valence-electron chi connectivity index (χ4n) is 1.77. The van der Waals surface area contributed by atoms with Crippen molar-refractivity contribution in [3.05, 3.63) is 45.8 Å². The van der Waals surface area contributed by atoms with E-state index in [2.05, 4.69) is 14.7 Å². The minimum Gasteiger partial charge on any atom is -0.356 e. The zero-order valence-corrected chi connectivity index (χ0v) is 10.9. The summed E-state index contributed by atoms with van der Waals surface area (Å²) in [6.07, 6.45) is 2.36. The van der Waals surface area contributed by atoms with Gasteiger partial charge in [0.05, 0.1) is 4.92 Å². The van der Waals surface area contributed by atoms with Crippen molar-refractivity contribution in [2.45, 2.75) is 25.3 Å². The number of rotatable bonds is 5. The molecule has 19 heavy (non-hydrogen) atoms. The maximum Gasteiger partial charge on any atom is 0.269 e. The van der Waals surface area contributed by atoms with Crippen molar-refractivity contribution in [1.82, 2.24) is 9.36 Å². The summed E-state index contributed by atoms with van der Waals surface area (Å²) < 4.78 is 4.30. The first-order valence-corrected chi connectivity index (χ1v) is 6.80. The molecule has 0 amide bonds. The molecule has 1 aromatic carbocycles. The molecule has 1 aromatic heterocycles. The molecule has 0 atom stereocenters. The largest absolute Gasteiger partial charge is 0.356 e. The van der Waals surface area contributed by atoms with Crippen LogP contribution in [0.25, 0.3) is 0 Å². The topological polar surface area (TPSA) is 81.0 Å². The second-order valence-corrected chi connectivity index (χ2v) is 5.26. The number of nitrogens with zero attached hydrogens (tertiary/aromatic N) is 3. The fourth-order valence-corrected chi connectivity index (χ4v) is 2.41. The molecule has 0 spiro atoms. The summed E-state index contributed by atoms with van der Waals surface area (Å²) in [6, 6.07) is 6.59. The number of nitro benzene ring substituents is 1. The maximum absolute atomic E-state index is 10.7. The van der Waals surface area contributed by atoms with Crippen LogP contribution in [0.2, 0.25) is 0 Å². The molecular weight excluding hydrogens is 264 g/mol. The number of non-ortho nitro benzene ring substituents is 1. The number of nitro groups is 1. The Morgan fingerprint density at radius 3 is 3.05 bits per heavy atom. The van der Waals surface area contributed by atoms with Gasteiger partial charge in [-0.3, -0.25) is 10.1 Å². The molecule has 0 bridgehead atoms. The van der Waals surface area contributed by atoms with Crippen LogP contribution in [0, 0.1) is 10.1 Å². The van der Waals surface area contributed by atoms with E-state index in [1.54, 1.807) is 12.1 Å². The first kappa shape index (κ1) is 12.0. The maximum atomic E-state index is 10.7. The van der Waals surface area contributed by atoms with Gasteiger partial charge in [-0.15, -0.1) is 0 Å². The van der Waals surface area contributed by atoms with Gasteiger partial charge < -0.3 is 5.32 Å². The van der Waals surface area contributed by atoms with Crippen LogP contribution in [0.15, 0.2) is 24.3 Å². The average Bonchev–Trinajstić information content (AvgIpc) is 3.16. The highest BCUT2D eigenvalue weighted by Crippen LogP contribution is 2.39. The van der Waals surface area contributed by atoms with Gasteiger partial charge in [0.15, 0.2) is 0 Å². The number of anilines is 1. The van der Waals surface area contributed by atoms with Gasteiger partial charge in [0.2, 0.25) is 5.13 Å². The summed E-state index contributed by atoms with van der Waals surface area (Å²) in [5, 5.41) is 14.6. The zero-order chi connectivity index (χ0) is 13.2. The predicted molar refractivity (Wildman–Crippen MR) is 72.3 cm³/mol. The van der Waals surface area contributed by atoms with Crippen LogP contribution in [-0.2, 0) is 6.54 Å². The summed E-state index contributed by atoms with van der Waals surface area (Å²) in [5.41, 5.74) is 0.965. The highest BCUT2D eigenvalue weighted by atomic mass is 32.1. The molecule has 0 radical (unpaired) electrons. The number of benzene rings is 1. The Morgan fingerprint density at radius 2 is 2.32 bits per heavy atom. The lowest BCUT2D eigenvalue weighted by molar-refractivity contribution is -0.384. The molecular formula is C12H12N4O2S. The number of aromatic nitrogens is 2. The number of hydrogen-bond donors (Lipinski definition) is 1. The van der Waals surface area contributed by atoms with Crippen LogP contribution in [0.4, 0.5) is 10.8 Å². The molecule has 1 N–H and O–H groups in total. The van der Waals surface area contributed by atoms with E-state index < -0.39 is 0 Å². The second-order valence-electron chi connectivity index (χ2n) is 4.51. The number of nitrogens with one attached hydrogen (secondary N) is 1. The van der Waals surface area contributed by atoms with Crippen molar-refractivity contribution in [2.75, 3.05) is 5.32 Å². The van der Waals surface area contributed by atoms with Gasteiger partial charge in [-0.25, -0.2) is 4.98 Å². The lowest BCUT2D eigenvalue weighted by Gasteiger charge is -2.02. The van der Waals surface area contributed by atoms with Crippen molar-refractivity contribution in [3.8, 4) is 0 Å². The SMILES string of the molecule is O=[N+]([O-])c1cccc(CNc2nc(C3CC3)ns2)c1. The van der Waals surface area contributed by atoms with Crippen LogP contribution >= 0.6 is 11.5 Å². The standard InChI is InChI=1S/C12H12N4O2S/c17-16(18)10-3-1-2-8(6-10)7-13-12-14-11(15-19-12)9-4-5-9/h1-3,6,9H,4-5,7H2,(H,13,14,15). The predicted octanol–water partition coefficient (Wildman–Crippen LogP) is 2.94. The lowest BCUT2D eigenvalue weighted by Crippen LogP contribution is -2.00. The van der Waals surface area contributed by atoms with Crippen LogP contribution in [0.5, 0.6) is 0 Å². The van der Waals surface area contributed by atoms with E-state index in [9.17, 15) is 10.1 Å². The molecule has 1 saturated carbocycles. The van der Waals surface area contributed by atoms with Gasteiger partial charge in [0, 0.05) is 36.1 Å². The molecule has 98 valence electrons. The summed E-state index contributed by atoms with van der Waals surface area (Å²) in [6.45, 7) is 0.515. The van der Waals surface area contributed by atoms with Gasteiger partial charge in [-0.05, 0) is 18.4 Å². The summed E-state index contributed by atoms with van der Waals surface area (Å²) in [4.78, 5) is 14.7. The summed E-state index contributed by atoms with van der Waals surface area (Å²) >= 11 is 1.34. The summed E-state index contributed by atoms with van der Waals surface area (Å²) in [7, 11) is 0. The van der Waals surface area contributed by atoms with Gasteiger partial charge >= 0.3 is 0 Å². The Balaban J connectivity index is 1.64. The molecule has 0 aliphatic heterocycles. The van der Waals surface area contributed by atoms with E-state index in [4.69, 9.17) is 0 Å². The van der Waals surface area contributed by atoms with E-state index >= 15 is 0 Å². The Bertz CT molecular complexity index is 609. The van der Waals surface area contributed by atoms with Crippen molar-refractivity contribution in [2.24, 2.45) is 0 Å². The third-order valence-corrected chi connectivity index (χ3v) is 3.64. The molecule has 3 rings (SSSR count). The fraction of sp³-hybridized carbons (Fsp3) is 0.333. The summed E-state index contributed by atoms with van der Waals surface area (Å²) in [5.74, 6) is 1.47. The first-order chi connectivity index (χ1) is 9.22. The van der Waals surface area contributed by atoms with Gasteiger partial charge in [0.1, 0.15) is 5.82 Å². The second kappa shape index (κ2) is 4.93. The lowest BCUT2D eigenvalue weighted by atomic mass is 10.2. The molecule has 1 fully saturated rings. The van der Waals surface area contributed by atoms with Crippen LogP contribution in [0.1, 0.15) is 30.1 Å². The first-order valence-electron chi connectivity index (χ1n) is 6.03. The van der Waals surface area contributed by atoms with Crippen molar-refractivity contribution in [1.29, 1.82) is 0 Å². The quantitative estimate of drug-likeness (QED) is 0.670. The van der Waals surface area contributed by atoms with Crippen LogP contribution in [-0.4, -0.2) is 14.3 Å². The van der Waals surface area contributed by atoms with Crippen molar-refractivity contribution >= 4 is 22.4 Å². The molecule has 0 unspecified atom stereocenters. The number of hydrogen-bond acceptors (Lipinski definition) is 6. The molecule has 2 aromatic rings.